The van der Waals surface area contributed by atoms with E-state index in [1.807, 2.05) is 31.2 Å². The van der Waals surface area contributed by atoms with Gasteiger partial charge in [0.15, 0.2) is 0 Å². The van der Waals surface area contributed by atoms with Crippen molar-refractivity contribution in [3.63, 3.8) is 0 Å². The largest absolute Gasteiger partial charge is 0.487 e. The van der Waals surface area contributed by atoms with Crippen LogP contribution in [0.2, 0.25) is 0 Å². The van der Waals surface area contributed by atoms with Crippen LogP contribution < -0.4 is 15.4 Å². The lowest BCUT2D eigenvalue weighted by Gasteiger charge is -2.16. The molecule has 1 amide bonds. The Morgan fingerprint density at radius 1 is 1.12 bits per heavy atom. The van der Waals surface area contributed by atoms with Crippen LogP contribution >= 0.6 is 0 Å². The Labute approximate surface area is 156 Å². The summed E-state index contributed by atoms with van der Waals surface area (Å²) in [6, 6.07) is 14.2. The van der Waals surface area contributed by atoms with E-state index in [2.05, 4.69) is 42.7 Å². The van der Waals surface area contributed by atoms with E-state index in [9.17, 15) is 4.79 Å². The Hall–Kier alpha value is -2.33. The van der Waals surface area contributed by atoms with E-state index in [-0.39, 0.29) is 11.5 Å². The predicted octanol–water partition coefficient (Wildman–Crippen LogP) is 3.83. The fourth-order valence-corrected chi connectivity index (χ4v) is 3.29. The minimum atomic E-state index is -0.104. The third-order valence-corrected chi connectivity index (χ3v) is 4.51. The first kappa shape index (κ1) is 18.5. The Morgan fingerprint density at radius 3 is 2.65 bits per heavy atom. The van der Waals surface area contributed by atoms with Gasteiger partial charge in [0.1, 0.15) is 11.4 Å². The van der Waals surface area contributed by atoms with Gasteiger partial charge >= 0.3 is 0 Å². The molecule has 0 aromatic heterocycles. The summed E-state index contributed by atoms with van der Waals surface area (Å²) in [6.07, 6.45) is 1.89. The standard InChI is InChI=1S/C22H28N2O2/c1-4-10-24-21(25)18-7-5-6-16(11-18)14-23-15-17-8-9-20-19(12-17)13-22(2,3)26-20/h5-9,11-12,23H,4,10,13-15H2,1-3H3,(H,24,25). The molecule has 0 radical (unpaired) electrons. The lowest BCUT2D eigenvalue weighted by Crippen LogP contribution is -2.24. The number of ether oxygens (including phenoxy) is 1. The van der Waals surface area contributed by atoms with Gasteiger partial charge in [0.2, 0.25) is 0 Å². The van der Waals surface area contributed by atoms with Crippen LogP contribution in [0.15, 0.2) is 42.5 Å². The zero-order valence-corrected chi connectivity index (χ0v) is 15.9. The van der Waals surface area contributed by atoms with Gasteiger partial charge in [-0.3, -0.25) is 4.79 Å². The van der Waals surface area contributed by atoms with Gasteiger partial charge in [0.25, 0.3) is 5.91 Å². The van der Waals surface area contributed by atoms with E-state index in [1.165, 1.54) is 11.1 Å². The number of fused-ring (bicyclic) bond motifs is 1. The van der Waals surface area contributed by atoms with Crippen LogP contribution in [0, 0.1) is 0 Å². The molecule has 0 spiro atoms. The molecular formula is C22H28N2O2. The Morgan fingerprint density at radius 2 is 1.88 bits per heavy atom. The number of hydrogen-bond acceptors (Lipinski definition) is 3. The fraction of sp³-hybridized carbons (Fsp3) is 0.409. The molecule has 0 fully saturated rings. The molecule has 4 nitrogen and oxygen atoms in total. The van der Waals surface area contributed by atoms with Crippen molar-refractivity contribution in [1.29, 1.82) is 0 Å². The number of carbonyl (C=O) groups is 1. The van der Waals surface area contributed by atoms with Gasteiger partial charge in [-0.2, -0.15) is 0 Å². The highest BCUT2D eigenvalue weighted by atomic mass is 16.5. The third-order valence-electron chi connectivity index (χ3n) is 4.51. The molecule has 2 aromatic rings. The lowest BCUT2D eigenvalue weighted by atomic mass is 10.0. The summed E-state index contributed by atoms with van der Waals surface area (Å²) in [4.78, 5) is 12.1. The zero-order chi connectivity index (χ0) is 18.6. The maximum Gasteiger partial charge on any atom is 0.251 e. The molecule has 2 N–H and O–H groups in total. The van der Waals surface area contributed by atoms with Crippen molar-refractivity contribution in [2.45, 2.75) is 52.3 Å². The molecule has 1 heterocycles. The van der Waals surface area contributed by atoms with Crippen LogP contribution in [0.5, 0.6) is 5.75 Å². The molecule has 0 aliphatic carbocycles. The number of hydrogen-bond donors (Lipinski definition) is 2. The topological polar surface area (TPSA) is 50.4 Å². The molecule has 0 saturated heterocycles. The van der Waals surface area contributed by atoms with Gasteiger partial charge in [-0.1, -0.05) is 31.2 Å². The SMILES string of the molecule is CCCNC(=O)c1cccc(CNCc2ccc3c(c2)CC(C)(C)O3)c1. The maximum atomic E-state index is 12.1. The molecule has 1 aliphatic heterocycles. The van der Waals surface area contributed by atoms with Crippen LogP contribution in [0.25, 0.3) is 0 Å². The number of carbonyl (C=O) groups excluding carboxylic acids is 1. The second-order valence-corrected chi connectivity index (χ2v) is 7.54. The predicted molar refractivity (Wildman–Crippen MR) is 104 cm³/mol. The highest BCUT2D eigenvalue weighted by molar-refractivity contribution is 5.94. The van der Waals surface area contributed by atoms with E-state index >= 15 is 0 Å². The first-order chi connectivity index (χ1) is 12.5. The van der Waals surface area contributed by atoms with E-state index in [1.54, 1.807) is 0 Å². The van der Waals surface area contributed by atoms with E-state index < -0.39 is 0 Å². The van der Waals surface area contributed by atoms with Gasteiger partial charge in [0, 0.05) is 31.6 Å². The van der Waals surface area contributed by atoms with Crippen LogP contribution in [0.4, 0.5) is 0 Å². The van der Waals surface area contributed by atoms with E-state index in [0.717, 1.165) is 42.8 Å². The average Bonchev–Trinajstić information content (AvgIpc) is 2.93. The fourth-order valence-electron chi connectivity index (χ4n) is 3.29. The smallest absolute Gasteiger partial charge is 0.251 e. The Kier molecular flexibility index (Phi) is 5.62. The Bertz CT molecular complexity index is 783. The van der Waals surface area contributed by atoms with Crippen molar-refractivity contribution >= 4 is 5.91 Å². The molecule has 3 rings (SSSR count). The first-order valence-corrected chi connectivity index (χ1v) is 9.35. The molecule has 0 bridgehead atoms. The molecule has 4 heteroatoms. The summed E-state index contributed by atoms with van der Waals surface area (Å²) >= 11 is 0. The van der Waals surface area contributed by atoms with Crippen molar-refractivity contribution < 1.29 is 9.53 Å². The average molecular weight is 352 g/mol. The van der Waals surface area contributed by atoms with Crippen molar-refractivity contribution in [2.75, 3.05) is 6.54 Å². The molecule has 26 heavy (non-hydrogen) atoms. The highest BCUT2D eigenvalue weighted by Crippen LogP contribution is 2.35. The molecule has 0 saturated carbocycles. The van der Waals surface area contributed by atoms with Crippen molar-refractivity contribution in [3.8, 4) is 5.75 Å². The van der Waals surface area contributed by atoms with Crippen LogP contribution in [-0.4, -0.2) is 18.1 Å². The van der Waals surface area contributed by atoms with Gasteiger partial charge < -0.3 is 15.4 Å². The van der Waals surface area contributed by atoms with Crippen LogP contribution in [-0.2, 0) is 19.5 Å². The molecular weight excluding hydrogens is 324 g/mol. The quantitative estimate of drug-likeness (QED) is 0.796. The van der Waals surface area contributed by atoms with Crippen molar-refractivity contribution in [3.05, 3.63) is 64.7 Å². The molecule has 0 atom stereocenters. The summed E-state index contributed by atoms with van der Waals surface area (Å²) < 4.78 is 5.93. The zero-order valence-electron chi connectivity index (χ0n) is 15.9. The van der Waals surface area contributed by atoms with Gasteiger partial charge in [-0.15, -0.1) is 0 Å². The Balaban J connectivity index is 1.55. The van der Waals surface area contributed by atoms with Gasteiger partial charge in [-0.25, -0.2) is 0 Å². The second-order valence-electron chi connectivity index (χ2n) is 7.54. The lowest BCUT2D eigenvalue weighted by molar-refractivity contribution is 0.0953. The summed E-state index contributed by atoms with van der Waals surface area (Å²) in [5.41, 5.74) is 4.26. The summed E-state index contributed by atoms with van der Waals surface area (Å²) in [7, 11) is 0. The highest BCUT2D eigenvalue weighted by Gasteiger charge is 2.29. The minimum absolute atomic E-state index is 0.00469. The van der Waals surface area contributed by atoms with E-state index in [0.29, 0.717) is 6.54 Å². The first-order valence-electron chi connectivity index (χ1n) is 9.35. The molecule has 1 aliphatic rings. The van der Waals surface area contributed by atoms with Crippen LogP contribution in [0.3, 0.4) is 0 Å². The number of rotatable bonds is 7. The van der Waals surface area contributed by atoms with Crippen molar-refractivity contribution in [2.24, 2.45) is 0 Å². The normalized spacial score (nSPS) is 14.6. The summed E-state index contributed by atoms with van der Waals surface area (Å²) in [6.45, 7) is 8.52. The molecule has 0 unspecified atom stereocenters. The second kappa shape index (κ2) is 7.92. The number of nitrogens with one attached hydrogen (secondary N) is 2. The number of amides is 1. The monoisotopic (exact) mass is 352 g/mol. The minimum Gasteiger partial charge on any atom is -0.487 e. The molecule has 138 valence electrons. The maximum absolute atomic E-state index is 12.1. The van der Waals surface area contributed by atoms with E-state index in [4.69, 9.17) is 4.74 Å². The summed E-state index contributed by atoms with van der Waals surface area (Å²) in [5.74, 6) is 1.000. The number of benzene rings is 2. The van der Waals surface area contributed by atoms with Gasteiger partial charge in [-0.05, 0) is 55.2 Å². The molecule has 2 aromatic carbocycles. The third kappa shape index (κ3) is 4.64. The van der Waals surface area contributed by atoms with Crippen LogP contribution in [0.1, 0.15) is 54.2 Å². The van der Waals surface area contributed by atoms with Gasteiger partial charge in [0.05, 0.1) is 0 Å². The van der Waals surface area contributed by atoms with Crippen molar-refractivity contribution in [1.82, 2.24) is 10.6 Å². The summed E-state index contributed by atoms with van der Waals surface area (Å²) in [5, 5.41) is 6.38.